The molecule has 0 saturated heterocycles. The normalized spacial score (nSPS) is 12.9. The first-order valence-corrected chi connectivity index (χ1v) is 6.76. The van der Waals surface area contributed by atoms with Crippen molar-refractivity contribution in [2.75, 3.05) is 0 Å². The number of para-hydroxylation sites is 1. The van der Waals surface area contributed by atoms with Crippen molar-refractivity contribution in [2.24, 2.45) is 0 Å². The summed E-state index contributed by atoms with van der Waals surface area (Å²) in [4.78, 5) is 12.5. The van der Waals surface area contributed by atoms with Crippen LogP contribution in [0.25, 0.3) is 10.9 Å². The summed E-state index contributed by atoms with van der Waals surface area (Å²) >= 11 is 1.65. The Hall–Kier alpha value is -1.22. The average Bonchev–Trinajstić information content (AvgIpc) is 2.68. The van der Waals surface area contributed by atoms with Crippen molar-refractivity contribution in [1.82, 2.24) is 4.57 Å². The van der Waals surface area contributed by atoms with Crippen molar-refractivity contribution in [1.29, 1.82) is 0 Å². The van der Waals surface area contributed by atoms with Crippen LogP contribution < -0.4 is 0 Å². The first kappa shape index (κ1) is 12.2. The third-order valence-corrected chi connectivity index (χ3v) is 4.23. The minimum atomic E-state index is 0.0195. The minimum Gasteiger partial charge on any atom is -0.347 e. The lowest BCUT2D eigenvalue weighted by molar-refractivity contribution is -0.116. The second-order valence-electron chi connectivity index (χ2n) is 4.17. The van der Waals surface area contributed by atoms with Gasteiger partial charge in [-0.3, -0.25) is 4.79 Å². The number of carbonyl (C=O) groups excluding carboxylic acids is 1. The summed E-state index contributed by atoms with van der Waals surface area (Å²) in [5.74, 6) is 0.225. The molecule has 0 aliphatic heterocycles. The molecule has 2 aromatic rings. The number of carbonyl (C=O) groups is 1. The number of benzene rings is 1. The van der Waals surface area contributed by atoms with Crippen molar-refractivity contribution in [3.63, 3.8) is 0 Å². The molecule has 0 N–H and O–H groups in total. The minimum absolute atomic E-state index is 0.0195. The van der Waals surface area contributed by atoms with Gasteiger partial charge in [-0.2, -0.15) is 0 Å². The van der Waals surface area contributed by atoms with Gasteiger partial charge in [0.15, 0.2) is 0 Å². The summed E-state index contributed by atoms with van der Waals surface area (Å²) in [5, 5.41) is 1.26. The zero-order valence-electron chi connectivity index (χ0n) is 10.4. The molecule has 0 saturated carbocycles. The van der Waals surface area contributed by atoms with Gasteiger partial charge in [0.1, 0.15) is 5.78 Å². The Morgan fingerprint density at radius 3 is 2.76 bits per heavy atom. The molecule has 3 heteroatoms. The van der Waals surface area contributed by atoms with Gasteiger partial charge in [-0.15, -0.1) is 11.8 Å². The summed E-state index contributed by atoms with van der Waals surface area (Å²) in [5.41, 5.74) is 1.24. The van der Waals surface area contributed by atoms with E-state index in [0.717, 1.165) is 6.54 Å². The van der Waals surface area contributed by atoms with Gasteiger partial charge in [0.25, 0.3) is 0 Å². The maximum atomic E-state index is 11.3. The Morgan fingerprint density at radius 2 is 2.12 bits per heavy atom. The fourth-order valence-electron chi connectivity index (χ4n) is 1.84. The Morgan fingerprint density at radius 1 is 1.41 bits per heavy atom. The Balaban J connectivity index is 2.44. The Labute approximate surface area is 106 Å². The summed E-state index contributed by atoms with van der Waals surface area (Å²) in [7, 11) is 0. The summed E-state index contributed by atoms with van der Waals surface area (Å²) in [6.07, 6.45) is 2.15. The molecule has 1 atom stereocenters. The van der Waals surface area contributed by atoms with Crippen LogP contribution >= 0.6 is 11.8 Å². The van der Waals surface area contributed by atoms with Crippen LogP contribution in [0.4, 0.5) is 0 Å². The molecule has 0 amide bonds. The fraction of sp³-hybridized carbons (Fsp3) is 0.357. The van der Waals surface area contributed by atoms with Crippen LogP contribution in [0.5, 0.6) is 0 Å². The average molecular weight is 247 g/mol. The van der Waals surface area contributed by atoms with Crippen LogP contribution in [0.15, 0.2) is 35.4 Å². The quantitative estimate of drug-likeness (QED) is 0.768. The number of ketones is 1. The summed E-state index contributed by atoms with van der Waals surface area (Å²) in [6.45, 7) is 6.70. The van der Waals surface area contributed by atoms with Gasteiger partial charge in [0, 0.05) is 28.5 Å². The number of hydrogen-bond donors (Lipinski definition) is 0. The fourth-order valence-corrected chi connectivity index (χ4v) is 2.88. The number of nitrogens with zero attached hydrogens (tertiary/aromatic N) is 1. The SMILES string of the molecule is CCn1cc(SC(C)C(C)=O)c2ccccc21. The third kappa shape index (κ3) is 2.39. The molecule has 1 aromatic carbocycles. The van der Waals surface area contributed by atoms with E-state index in [4.69, 9.17) is 0 Å². The first-order valence-electron chi connectivity index (χ1n) is 5.88. The molecule has 0 aliphatic rings. The molecular weight excluding hydrogens is 230 g/mol. The highest BCUT2D eigenvalue weighted by Gasteiger charge is 2.13. The van der Waals surface area contributed by atoms with E-state index in [9.17, 15) is 4.79 Å². The van der Waals surface area contributed by atoms with Crippen LogP contribution in [0.2, 0.25) is 0 Å². The van der Waals surface area contributed by atoms with E-state index in [1.54, 1.807) is 18.7 Å². The maximum absolute atomic E-state index is 11.3. The van der Waals surface area contributed by atoms with Gasteiger partial charge in [0.05, 0.1) is 5.25 Å². The molecule has 1 heterocycles. The lowest BCUT2D eigenvalue weighted by Gasteiger charge is -2.05. The standard InChI is InChI=1S/C14H17NOS/c1-4-15-9-14(17-11(3)10(2)16)12-7-5-6-8-13(12)15/h5-9,11H,4H2,1-3H3. The van der Waals surface area contributed by atoms with E-state index in [-0.39, 0.29) is 11.0 Å². The number of rotatable bonds is 4. The largest absolute Gasteiger partial charge is 0.347 e. The van der Waals surface area contributed by atoms with Crippen LogP contribution in [0.1, 0.15) is 20.8 Å². The van der Waals surface area contributed by atoms with E-state index in [1.807, 2.05) is 13.0 Å². The summed E-state index contributed by atoms with van der Waals surface area (Å²) < 4.78 is 2.23. The smallest absolute Gasteiger partial charge is 0.142 e. The van der Waals surface area contributed by atoms with Crippen LogP contribution in [-0.4, -0.2) is 15.6 Å². The van der Waals surface area contributed by atoms with Crippen molar-refractivity contribution < 1.29 is 4.79 Å². The van der Waals surface area contributed by atoms with Gasteiger partial charge < -0.3 is 4.57 Å². The lowest BCUT2D eigenvalue weighted by Crippen LogP contribution is -2.07. The second kappa shape index (κ2) is 4.96. The number of hydrogen-bond acceptors (Lipinski definition) is 2. The Kier molecular flexibility index (Phi) is 3.57. The highest BCUT2D eigenvalue weighted by Crippen LogP contribution is 2.32. The van der Waals surface area contributed by atoms with Crippen molar-refractivity contribution >= 4 is 28.4 Å². The van der Waals surface area contributed by atoms with Crippen molar-refractivity contribution in [2.45, 2.75) is 37.5 Å². The van der Waals surface area contributed by atoms with Gasteiger partial charge in [-0.1, -0.05) is 18.2 Å². The van der Waals surface area contributed by atoms with E-state index < -0.39 is 0 Å². The molecule has 1 aromatic heterocycles. The summed E-state index contributed by atoms with van der Waals surface area (Å²) in [6, 6.07) is 8.35. The molecule has 17 heavy (non-hydrogen) atoms. The monoisotopic (exact) mass is 247 g/mol. The number of Topliss-reactive ketones (excluding diaryl/α,β-unsaturated/α-hetero) is 1. The van der Waals surface area contributed by atoms with Gasteiger partial charge in [0.2, 0.25) is 0 Å². The van der Waals surface area contributed by atoms with Crippen molar-refractivity contribution in [3.8, 4) is 0 Å². The topological polar surface area (TPSA) is 22.0 Å². The predicted octanol–water partition coefficient (Wildman–Crippen LogP) is 3.73. The van der Waals surface area contributed by atoms with E-state index in [0.29, 0.717) is 0 Å². The molecule has 90 valence electrons. The molecule has 0 bridgehead atoms. The molecule has 0 aliphatic carbocycles. The molecule has 2 nitrogen and oxygen atoms in total. The van der Waals surface area contributed by atoms with E-state index >= 15 is 0 Å². The lowest BCUT2D eigenvalue weighted by atomic mass is 10.2. The van der Waals surface area contributed by atoms with Crippen molar-refractivity contribution in [3.05, 3.63) is 30.5 Å². The van der Waals surface area contributed by atoms with E-state index in [1.165, 1.54) is 15.8 Å². The van der Waals surface area contributed by atoms with Crippen LogP contribution in [0, 0.1) is 0 Å². The zero-order chi connectivity index (χ0) is 12.4. The number of thioether (sulfide) groups is 1. The molecule has 2 rings (SSSR count). The number of aromatic nitrogens is 1. The van der Waals surface area contributed by atoms with Crippen LogP contribution in [-0.2, 0) is 11.3 Å². The van der Waals surface area contributed by atoms with Gasteiger partial charge >= 0.3 is 0 Å². The second-order valence-corrected chi connectivity index (χ2v) is 5.55. The van der Waals surface area contributed by atoms with Crippen LogP contribution in [0.3, 0.4) is 0 Å². The molecule has 0 radical (unpaired) electrons. The number of aryl methyl sites for hydroxylation is 1. The maximum Gasteiger partial charge on any atom is 0.142 e. The highest BCUT2D eigenvalue weighted by molar-refractivity contribution is 8.00. The zero-order valence-corrected chi connectivity index (χ0v) is 11.3. The highest BCUT2D eigenvalue weighted by atomic mass is 32.2. The Bertz CT molecular complexity index is 544. The molecule has 0 spiro atoms. The molecule has 0 fully saturated rings. The van der Waals surface area contributed by atoms with E-state index in [2.05, 4.69) is 35.9 Å². The number of fused-ring (bicyclic) bond motifs is 1. The predicted molar refractivity (Wildman–Crippen MR) is 73.6 cm³/mol. The first-order chi connectivity index (χ1) is 8.13. The van der Waals surface area contributed by atoms with Gasteiger partial charge in [-0.25, -0.2) is 0 Å². The molecule has 1 unspecified atom stereocenters. The molecular formula is C14H17NOS. The van der Waals surface area contributed by atoms with Gasteiger partial charge in [-0.05, 0) is 26.8 Å². The third-order valence-electron chi connectivity index (χ3n) is 2.97.